The van der Waals surface area contributed by atoms with Crippen molar-refractivity contribution in [2.24, 2.45) is 5.92 Å². The third-order valence-corrected chi connectivity index (χ3v) is 4.87. The first-order chi connectivity index (χ1) is 11.8. The summed E-state index contributed by atoms with van der Waals surface area (Å²) in [6, 6.07) is 0. The van der Waals surface area contributed by atoms with Crippen molar-refractivity contribution >= 4 is 5.97 Å². The monoisotopic (exact) mass is 336 g/mol. The van der Waals surface area contributed by atoms with Gasteiger partial charge in [0.1, 0.15) is 0 Å². The number of allylic oxidation sites excluding steroid dienone is 2. The molecule has 0 N–H and O–H groups in total. The van der Waals surface area contributed by atoms with Crippen molar-refractivity contribution in [3.05, 3.63) is 12.2 Å². The average Bonchev–Trinajstić information content (AvgIpc) is 3.41. The van der Waals surface area contributed by atoms with Crippen LogP contribution < -0.4 is 0 Å². The van der Waals surface area contributed by atoms with Crippen LogP contribution in [0.1, 0.15) is 110 Å². The zero-order valence-corrected chi connectivity index (χ0v) is 16.1. The second-order valence-electron chi connectivity index (χ2n) is 7.43. The molecule has 0 atom stereocenters. The molecule has 140 valence electrons. The van der Waals surface area contributed by atoms with Crippen molar-refractivity contribution in [3.63, 3.8) is 0 Å². The van der Waals surface area contributed by atoms with Gasteiger partial charge in [0.15, 0.2) is 0 Å². The Balaban J connectivity index is 1.71. The van der Waals surface area contributed by atoms with E-state index in [0.717, 1.165) is 18.8 Å². The van der Waals surface area contributed by atoms with Crippen molar-refractivity contribution < 1.29 is 9.53 Å². The van der Waals surface area contributed by atoms with Crippen LogP contribution in [-0.4, -0.2) is 12.6 Å². The van der Waals surface area contributed by atoms with Crippen LogP contribution in [0.3, 0.4) is 0 Å². The van der Waals surface area contributed by atoms with E-state index in [1.54, 1.807) is 0 Å². The fourth-order valence-electron chi connectivity index (χ4n) is 2.98. The van der Waals surface area contributed by atoms with Gasteiger partial charge in [0, 0.05) is 6.42 Å². The molecule has 0 radical (unpaired) electrons. The Morgan fingerprint density at radius 1 is 0.875 bits per heavy atom. The van der Waals surface area contributed by atoms with E-state index in [1.165, 1.54) is 83.5 Å². The van der Waals surface area contributed by atoms with Gasteiger partial charge in [-0.1, -0.05) is 76.9 Å². The van der Waals surface area contributed by atoms with Crippen LogP contribution >= 0.6 is 0 Å². The van der Waals surface area contributed by atoms with Gasteiger partial charge in [-0.2, -0.15) is 0 Å². The third kappa shape index (κ3) is 14.8. The van der Waals surface area contributed by atoms with E-state index >= 15 is 0 Å². The Morgan fingerprint density at radius 3 is 2.08 bits per heavy atom. The molecule has 1 fully saturated rings. The van der Waals surface area contributed by atoms with Gasteiger partial charge in [-0.15, -0.1) is 0 Å². The lowest BCUT2D eigenvalue weighted by atomic mass is 10.1. The lowest BCUT2D eigenvalue weighted by molar-refractivity contribution is -0.144. The zero-order valence-electron chi connectivity index (χ0n) is 16.1. The van der Waals surface area contributed by atoms with Gasteiger partial charge in [-0.3, -0.25) is 4.79 Å². The Labute approximate surface area is 150 Å². The van der Waals surface area contributed by atoms with Gasteiger partial charge in [-0.05, 0) is 44.4 Å². The van der Waals surface area contributed by atoms with Gasteiger partial charge < -0.3 is 4.74 Å². The van der Waals surface area contributed by atoms with Crippen LogP contribution in [0.4, 0.5) is 0 Å². The number of ether oxygens (including phenoxy) is 1. The third-order valence-electron chi connectivity index (χ3n) is 4.87. The standard InChI is InChI=1S/C22H40O2/c1-2-3-4-5-6-7-8-9-10-11-12-13-14-15-20-24-22(23)19-18-21-16-17-21/h7-8,21H,2-6,9-20H2,1H3. The molecule has 0 aromatic rings. The SMILES string of the molecule is CCCCCCC=CCCCCCCCCOC(=O)CCC1CC1. The topological polar surface area (TPSA) is 26.3 Å². The fourth-order valence-corrected chi connectivity index (χ4v) is 2.98. The Kier molecular flexibility index (Phi) is 13.9. The van der Waals surface area contributed by atoms with E-state index < -0.39 is 0 Å². The molecular formula is C22H40O2. The van der Waals surface area contributed by atoms with Crippen molar-refractivity contribution in [3.8, 4) is 0 Å². The van der Waals surface area contributed by atoms with E-state index in [-0.39, 0.29) is 5.97 Å². The van der Waals surface area contributed by atoms with Crippen molar-refractivity contribution in [2.45, 2.75) is 110 Å². The first kappa shape index (κ1) is 21.3. The largest absolute Gasteiger partial charge is 0.466 e. The van der Waals surface area contributed by atoms with Gasteiger partial charge >= 0.3 is 5.97 Å². The van der Waals surface area contributed by atoms with Crippen molar-refractivity contribution in [1.29, 1.82) is 0 Å². The van der Waals surface area contributed by atoms with Gasteiger partial charge in [0.2, 0.25) is 0 Å². The summed E-state index contributed by atoms with van der Waals surface area (Å²) in [4.78, 5) is 11.5. The molecule has 1 saturated carbocycles. The number of hydrogen-bond acceptors (Lipinski definition) is 2. The minimum absolute atomic E-state index is 0.0170. The molecule has 0 spiro atoms. The molecule has 24 heavy (non-hydrogen) atoms. The Morgan fingerprint density at radius 2 is 1.46 bits per heavy atom. The smallest absolute Gasteiger partial charge is 0.305 e. The van der Waals surface area contributed by atoms with Crippen LogP contribution in [0.2, 0.25) is 0 Å². The molecule has 2 heteroatoms. The molecule has 0 aliphatic heterocycles. The summed E-state index contributed by atoms with van der Waals surface area (Å²) < 4.78 is 5.28. The molecule has 1 aliphatic carbocycles. The van der Waals surface area contributed by atoms with E-state index in [9.17, 15) is 4.79 Å². The number of carbonyl (C=O) groups is 1. The molecule has 2 nitrogen and oxygen atoms in total. The second-order valence-corrected chi connectivity index (χ2v) is 7.43. The summed E-state index contributed by atoms with van der Waals surface area (Å²) in [7, 11) is 0. The number of unbranched alkanes of at least 4 members (excludes halogenated alkanes) is 10. The Hall–Kier alpha value is -0.790. The maximum atomic E-state index is 11.5. The number of rotatable bonds is 17. The van der Waals surface area contributed by atoms with Crippen LogP contribution in [0.5, 0.6) is 0 Å². The summed E-state index contributed by atoms with van der Waals surface area (Å²) in [5.74, 6) is 0.844. The zero-order chi connectivity index (χ0) is 17.3. The van der Waals surface area contributed by atoms with E-state index in [0.29, 0.717) is 13.0 Å². The van der Waals surface area contributed by atoms with Crippen LogP contribution in [0.15, 0.2) is 12.2 Å². The number of esters is 1. The summed E-state index contributed by atoms with van der Waals surface area (Å²) >= 11 is 0. The molecule has 0 saturated heterocycles. The first-order valence-electron chi connectivity index (χ1n) is 10.6. The van der Waals surface area contributed by atoms with Gasteiger partial charge in [-0.25, -0.2) is 0 Å². The molecule has 1 rings (SSSR count). The summed E-state index contributed by atoms with van der Waals surface area (Å²) in [6.07, 6.45) is 24.5. The summed E-state index contributed by atoms with van der Waals surface area (Å²) in [5.41, 5.74) is 0. The normalized spacial score (nSPS) is 14.4. The highest BCUT2D eigenvalue weighted by Gasteiger charge is 2.22. The molecule has 0 bridgehead atoms. The Bertz CT molecular complexity index is 318. The van der Waals surface area contributed by atoms with E-state index in [4.69, 9.17) is 4.74 Å². The maximum Gasteiger partial charge on any atom is 0.305 e. The number of hydrogen-bond donors (Lipinski definition) is 0. The molecule has 0 aromatic carbocycles. The molecule has 0 unspecified atom stereocenters. The maximum absolute atomic E-state index is 11.5. The molecule has 0 amide bonds. The highest BCUT2D eigenvalue weighted by molar-refractivity contribution is 5.69. The summed E-state index contributed by atoms with van der Waals surface area (Å²) in [6.45, 7) is 2.89. The van der Waals surface area contributed by atoms with Crippen LogP contribution in [0, 0.1) is 5.92 Å². The average molecular weight is 337 g/mol. The van der Waals surface area contributed by atoms with E-state index in [2.05, 4.69) is 19.1 Å². The van der Waals surface area contributed by atoms with Crippen molar-refractivity contribution in [2.75, 3.05) is 6.61 Å². The van der Waals surface area contributed by atoms with Gasteiger partial charge in [0.05, 0.1) is 6.61 Å². The predicted octanol–water partition coefficient (Wildman–Crippen LogP) is 6.98. The van der Waals surface area contributed by atoms with Crippen LogP contribution in [-0.2, 0) is 9.53 Å². The quantitative estimate of drug-likeness (QED) is 0.163. The molecule has 0 aromatic heterocycles. The minimum atomic E-state index is 0.0170. The van der Waals surface area contributed by atoms with Gasteiger partial charge in [0.25, 0.3) is 0 Å². The molecule has 0 heterocycles. The lowest BCUT2D eigenvalue weighted by Crippen LogP contribution is -2.05. The lowest BCUT2D eigenvalue weighted by Gasteiger charge is -2.04. The molecule has 1 aliphatic rings. The fraction of sp³-hybridized carbons (Fsp3) is 0.864. The van der Waals surface area contributed by atoms with Crippen molar-refractivity contribution in [1.82, 2.24) is 0 Å². The highest BCUT2D eigenvalue weighted by Crippen LogP contribution is 2.33. The highest BCUT2D eigenvalue weighted by atomic mass is 16.5. The van der Waals surface area contributed by atoms with E-state index in [1.807, 2.05) is 0 Å². The first-order valence-corrected chi connectivity index (χ1v) is 10.6. The second kappa shape index (κ2) is 15.7. The number of carbonyl (C=O) groups excluding carboxylic acids is 1. The molecular weight excluding hydrogens is 296 g/mol. The summed E-state index contributed by atoms with van der Waals surface area (Å²) in [5, 5.41) is 0. The van der Waals surface area contributed by atoms with Crippen LogP contribution in [0.25, 0.3) is 0 Å². The predicted molar refractivity (Wildman–Crippen MR) is 103 cm³/mol. The minimum Gasteiger partial charge on any atom is -0.466 e.